The Morgan fingerprint density at radius 1 is 0.677 bits per heavy atom. The van der Waals surface area contributed by atoms with Crippen LogP contribution >= 0.6 is 0 Å². The molecule has 1 aromatic carbocycles. The van der Waals surface area contributed by atoms with Crippen LogP contribution in [-0.2, 0) is 19.7 Å². The van der Waals surface area contributed by atoms with E-state index in [4.69, 9.17) is 0 Å². The van der Waals surface area contributed by atoms with Gasteiger partial charge in [-0.25, -0.2) is 16.8 Å². The van der Waals surface area contributed by atoms with Crippen molar-refractivity contribution < 1.29 is 74.3 Å². The van der Waals surface area contributed by atoms with Crippen molar-refractivity contribution >= 4 is 19.7 Å². The zero-order chi connectivity index (χ0) is 24.9. The van der Waals surface area contributed by atoms with E-state index in [1.165, 1.54) is 0 Å². The molecule has 0 saturated heterocycles. The molecule has 0 aliphatic heterocycles. The Balaban J connectivity index is 3.33. The van der Waals surface area contributed by atoms with Crippen LogP contribution in [0, 0.1) is 0 Å². The summed E-state index contributed by atoms with van der Waals surface area (Å²) in [6.45, 7) is 0. The molecule has 0 aliphatic rings. The Morgan fingerprint density at radius 3 is 1.45 bits per heavy atom. The Labute approximate surface area is 164 Å². The number of ether oxygens (including phenoxy) is 1. The van der Waals surface area contributed by atoms with Gasteiger partial charge in [0, 0.05) is 0 Å². The highest BCUT2D eigenvalue weighted by atomic mass is 32.3. The van der Waals surface area contributed by atoms with Gasteiger partial charge in [-0.15, -0.1) is 13.2 Å². The fourth-order valence-corrected chi connectivity index (χ4v) is 5.59. The number of halogens is 12. The van der Waals surface area contributed by atoms with E-state index in [0.717, 1.165) is 0 Å². The average molecular weight is 522 g/mol. The molecule has 0 saturated carbocycles. The van der Waals surface area contributed by atoms with Gasteiger partial charge in [-0.1, -0.05) is 0 Å². The fraction of sp³-hybridized carbons (Fsp3) is 0.500. The third-order valence-electron chi connectivity index (χ3n) is 3.23. The Kier molecular flexibility index (Phi) is 6.64. The largest absolute Gasteiger partial charge is 0.573 e. The summed E-state index contributed by atoms with van der Waals surface area (Å²) < 4.78 is 201. The third-order valence-corrected chi connectivity index (χ3v) is 7.74. The van der Waals surface area contributed by atoms with Crippen LogP contribution in [0.25, 0.3) is 0 Å². The minimum atomic E-state index is -7.63. The van der Waals surface area contributed by atoms with Gasteiger partial charge in [-0.2, -0.15) is 39.5 Å². The Morgan fingerprint density at radius 2 is 1.10 bits per heavy atom. The Bertz CT molecular complexity index is 1010. The number of hydrogen-bond acceptors (Lipinski definition) is 5. The van der Waals surface area contributed by atoms with Gasteiger partial charge in [0.2, 0.25) is 9.84 Å². The van der Waals surface area contributed by atoms with E-state index in [1.54, 1.807) is 0 Å². The number of rotatable bonds is 7. The van der Waals surface area contributed by atoms with Gasteiger partial charge in [-0.3, -0.25) is 0 Å². The van der Waals surface area contributed by atoms with Crippen LogP contribution in [0.4, 0.5) is 52.7 Å². The predicted molar refractivity (Wildman–Crippen MR) is 75.0 cm³/mol. The lowest BCUT2D eigenvalue weighted by molar-refractivity contribution is -0.382. The molecule has 1 rings (SSSR count). The van der Waals surface area contributed by atoms with E-state index in [1.807, 2.05) is 0 Å². The molecule has 0 unspecified atom stereocenters. The van der Waals surface area contributed by atoms with Gasteiger partial charge in [0.25, 0.3) is 0 Å². The van der Waals surface area contributed by atoms with Crippen LogP contribution in [0.15, 0.2) is 29.2 Å². The van der Waals surface area contributed by atoms with Gasteiger partial charge >= 0.3 is 29.6 Å². The molecule has 19 heteroatoms. The number of sulfone groups is 2. The SMILES string of the molecule is O=S(=O)(CS(=O)(=O)C(F)(F)C(F)(F)C(F)(F)C(F)(F)F)c1ccc(OC(F)(F)F)cc1. The monoisotopic (exact) mass is 522 g/mol. The van der Waals surface area contributed by atoms with E-state index in [2.05, 4.69) is 4.74 Å². The number of benzene rings is 1. The van der Waals surface area contributed by atoms with Gasteiger partial charge in [0.05, 0.1) is 4.90 Å². The first-order chi connectivity index (χ1) is 13.4. The van der Waals surface area contributed by atoms with E-state index >= 15 is 0 Å². The zero-order valence-corrected chi connectivity index (χ0v) is 15.5. The van der Waals surface area contributed by atoms with Crippen molar-refractivity contribution in [2.45, 2.75) is 34.5 Å². The standard InChI is InChI=1S/C12H6F12O5S2/c13-8(14,10(17,18)19)9(15,16)11(20,21)31(27,28)5-30(25,26)7-3-1-6(2-4-7)29-12(22,23)24/h1-4H,5H2. The van der Waals surface area contributed by atoms with Gasteiger partial charge in [0.15, 0.2) is 14.9 Å². The molecule has 0 amide bonds. The molecule has 0 aromatic heterocycles. The van der Waals surface area contributed by atoms with Crippen molar-refractivity contribution in [3.63, 3.8) is 0 Å². The highest BCUT2D eigenvalue weighted by Crippen LogP contribution is 2.55. The maximum atomic E-state index is 13.6. The van der Waals surface area contributed by atoms with Crippen molar-refractivity contribution in [2.75, 3.05) is 5.08 Å². The maximum Gasteiger partial charge on any atom is 0.573 e. The lowest BCUT2D eigenvalue weighted by atomic mass is 10.1. The summed E-state index contributed by atoms with van der Waals surface area (Å²) in [5.74, 6) is -16.3. The van der Waals surface area contributed by atoms with Gasteiger partial charge < -0.3 is 4.74 Å². The van der Waals surface area contributed by atoms with Gasteiger partial charge in [0.1, 0.15) is 5.75 Å². The first-order valence-electron chi connectivity index (χ1n) is 6.90. The molecule has 0 spiro atoms. The van der Waals surface area contributed by atoms with E-state index < -0.39 is 65.0 Å². The molecule has 0 bridgehead atoms. The third kappa shape index (κ3) is 5.12. The van der Waals surface area contributed by atoms with E-state index in [0.29, 0.717) is 0 Å². The van der Waals surface area contributed by atoms with Crippen LogP contribution in [0.3, 0.4) is 0 Å². The van der Waals surface area contributed by atoms with E-state index in [9.17, 15) is 69.5 Å². The molecule has 31 heavy (non-hydrogen) atoms. The summed E-state index contributed by atoms with van der Waals surface area (Å²) >= 11 is 0. The minimum absolute atomic E-state index is 0.145. The second kappa shape index (κ2) is 7.59. The fourth-order valence-electron chi connectivity index (χ4n) is 1.75. The van der Waals surface area contributed by atoms with Gasteiger partial charge in [-0.05, 0) is 24.3 Å². The molecule has 1 aromatic rings. The first kappa shape index (κ1) is 27.1. The highest BCUT2D eigenvalue weighted by molar-refractivity contribution is 8.08. The van der Waals surface area contributed by atoms with Crippen LogP contribution in [0.1, 0.15) is 0 Å². The summed E-state index contributed by atoms with van der Waals surface area (Å²) in [5.41, 5.74) is 0. The predicted octanol–water partition coefficient (Wildman–Crippen LogP) is 4.16. The molecule has 0 aliphatic carbocycles. The summed E-state index contributed by atoms with van der Waals surface area (Å²) in [4.78, 5) is -1.38. The van der Waals surface area contributed by atoms with Crippen LogP contribution in [0.5, 0.6) is 5.75 Å². The molecule has 0 heterocycles. The lowest BCUT2D eigenvalue weighted by Crippen LogP contribution is -2.63. The molecular weight excluding hydrogens is 516 g/mol. The normalized spacial score (nSPS) is 15.1. The van der Waals surface area contributed by atoms with Crippen LogP contribution in [-0.4, -0.2) is 51.6 Å². The quantitative estimate of drug-likeness (QED) is 0.503. The molecule has 180 valence electrons. The second-order valence-electron chi connectivity index (χ2n) is 5.53. The van der Waals surface area contributed by atoms with Crippen molar-refractivity contribution in [2.24, 2.45) is 0 Å². The molecular formula is C12H6F12O5S2. The molecule has 0 fully saturated rings. The van der Waals surface area contributed by atoms with Crippen molar-refractivity contribution in [1.82, 2.24) is 0 Å². The maximum absolute atomic E-state index is 13.6. The lowest BCUT2D eigenvalue weighted by Gasteiger charge is -2.33. The number of hydrogen-bond donors (Lipinski definition) is 0. The van der Waals surface area contributed by atoms with Crippen LogP contribution < -0.4 is 4.74 Å². The first-order valence-corrected chi connectivity index (χ1v) is 10.2. The minimum Gasteiger partial charge on any atom is -0.406 e. The zero-order valence-electron chi connectivity index (χ0n) is 13.9. The highest BCUT2D eigenvalue weighted by Gasteiger charge is 2.85. The summed E-state index contributed by atoms with van der Waals surface area (Å²) in [7, 11) is -12.9. The smallest absolute Gasteiger partial charge is 0.406 e. The van der Waals surface area contributed by atoms with Crippen molar-refractivity contribution in [3.8, 4) is 5.75 Å². The summed E-state index contributed by atoms with van der Waals surface area (Å²) in [5, 5.41) is -10.3. The van der Waals surface area contributed by atoms with Crippen LogP contribution in [0.2, 0.25) is 0 Å². The second-order valence-corrected chi connectivity index (χ2v) is 9.92. The van der Waals surface area contributed by atoms with Crippen molar-refractivity contribution in [3.05, 3.63) is 24.3 Å². The summed E-state index contributed by atoms with van der Waals surface area (Å²) in [6.07, 6.45) is -12.6. The van der Waals surface area contributed by atoms with Crippen molar-refractivity contribution in [1.29, 1.82) is 0 Å². The molecule has 0 radical (unpaired) electrons. The molecule has 0 N–H and O–H groups in total. The average Bonchev–Trinajstić information content (AvgIpc) is 2.51. The molecule has 5 nitrogen and oxygen atoms in total. The molecule has 0 atom stereocenters. The number of alkyl halides is 12. The summed E-state index contributed by atoms with van der Waals surface area (Å²) in [6, 6.07) is 0.758. The Hall–Kier alpha value is -1.92. The van der Waals surface area contributed by atoms with E-state index in [-0.39, 0.29) is 24.3 Å². The topological polar surface area (TPSA) is 77.5 Å².